The second kappa shape index (κ2) is 4.65. The molecule has 1 aromatic heterocycles. The van der Waals surface area contributed by atoms with Crippen LogP contribution in [0.3, 0.4) is 0 Å². The number of aromatic nitrogens is 1. The Hall–Kier alpha value is -0.750. The van der Waals surface area contributed by atoms with Gasteiger partial charge in [0.1, 0.15) is 6.29 Å². The number of rotatable bonds is 4. The van der Waals surface area contributed by atoms with Gasteiger partial charge in [0.2, 0.25) is 0 Å². The number of hydrogen-bond acceptors (Lipinski definition) is 5. The second-order valence-corrected chi connectivity index (χ2v) is 4.20. The predicted octanol–water partition coefficient (Wildman–Crippen LogP) is 1.35. The average molecular weight is 233 g/mol. The zero-order valence-corrected chi connectivity index (χ0v) is 9.08. The van der Waals surface area contributed by atoms with E-state index in [1.165, 1.54) is 10.6 Å². The van der Waals surface area contributed by atoms with Gasteiger partial charge in [0, 0.05) is 24.6 Å². The molecule has 1 heterocycles. The Morgan fingerprint density at radius 3 is 2.57 bits per heavy atom. The van der Waals surface area contributed by atoms with E-state index in [1.54, 1.807) is 0 Å². The van der Waals surface area contributed by atoms with Crippen LogP contribution in [0.2, 0.25) is 0 Å². The van der Waals surface area contributed by atoms with Crippen molar-refractivity contribution in [3.05, 3.63) is 11.6 Å². The van der Waals surface area contributed by atoms with Gasteiger partial charge in [-0.1, -0.05) is 0 Å². The molecule has 78 valence electrons. The summed E-state index contributed by atoms with van der Waals surface area (Å²) in [6, 6.07) is 1.38. The number of aldehydes is 1. The van der Waals surface area contributed by atoms with Gasteiger partial charge in [-0.05, 0) is 0 Å². The first-order valence-electron chi connectivity index (χ1n) is 3.99. The summed E-state index contributed by atoms with van der Waals surface area (Å²) in [4.78, 5) is 10.1. The van der Waals surface area contributed by atoms with Gasteiger partial charge < -0.3 is 15.0 Å². The molecule has 1 rings (SSSR count). The molecule has 0 amide bonds. The summed E-state index contributed by atoms with van der Waals surface area (Å²) in [7, 11) is 0. The molecule has 6 heteroatoms. The number of thiol groups is 2. The maximum atomic E-state index is 10.1. The van der Waals surface area contributed by atoms with Crippen molar-refractivity contribution in [3.8, 4) is 11.8 Å². The van der Waals surface area contributed by atoms with Crippen LogP contribution in [0.4, 0.5) is 0 Å². The molecule has 0 aliphatic heterocycles. The summed E-state index contributed by atoms with van der Waals surface area (Å²) < 4.78 is 0.779. The number of carbonyl (C=O) groups is 1. The number of carbonyl (C=O) groups excluding carboxylic acids is 1. The van der Waals surface area contributed by atoms with Crippen molar-refractivity contribution in [2.24, 2.45) is 0 Å². The molecule has 0 aliphatic carbocycles. The third kappa shape index (κ3) is 2.19. The largest absolute Gasteiger partial charge is 0.494 e. The highest BCUT2D eigenvalue weighted by Crippen LogP contribution is 2.36. The van der Waals surface area contributed by atoms with Gasteiger partial charge in [-0.3, -0.25) is 4.57 Å². The smallest absolute Gasteiger partial charge is 0.199 e. The molecule has 1 aromatic rings. The topological polar surface area (TPSA) is 62.5 Å². The third-order valence-corrected chi connectivity index (χ3v) is 2.38. The maximum Gasteiger partial charge on any atom is 0.199 e. The molecule has 0 spiro atoms. The highest BCUT2D eigenvalue weighted by Gasteiger charge is 2.16. The lowest BCUT2D eigenvalue weighted by Gasteiger charge is -2.05. The minimum Gasteiger partial charge on any atom is -0.494 e. The van der Waals surface area contributed by atoms with E-state index in [4.69, 9.17) is 0 Å². The number of nitrogens with zero attached hydrogens (tertiary/aromatic N) is 1. The molecule has 0 saturated heterocycles. The van der Waals surface area contributed by atoms with Gasteiger partial charge in [-0.25, -0.2) is 0 Å². The molecular weight excluding hydrogens is 222 g/mol. The van der Waals surface area contributed by atoms with Crippen LogP contribution in [0.25, 0.3) is 0 Å². The minimum atomic E-state index is -0.460. The average Bonchev–Trinajstić information content (AvgIpc) is 2.40. The Morgan fingerprint density at radius 2 is 2.14 bits per heavy atom. The first-order valence-corrected chi connectivity index (χ1v) is 5.02. The van der Waals surface area contributed by atoms with Gasteiger partial charge >= 0.3 is 0 Å². The molecule has 0 bridgehead atoms. The van der Waals surface area contributed by atoms with Gasteiger partial charge in [0.25, 0.3) is 0 Å². The summed E-state index contributed by atoms with van der Waals surface area (Å²) >= 11 is 8.04. The van der Waals surface area contributed by atoms with Gasteiger partial charge in [0.05, 0.1) is 4.58 Å². The van der Waals surface area contributed by atoms with Crippen molar-refractivity contribution in [3.63, 3.8) is 0 Å². The molecule has 14 heavy (non-hydrogen) atoms. The normalized spacial score (nSPS) is 10.8. The molecular formula is C8H11NO3S2. The van der Waals surface area contributed by atoms with Crippen LogP contribution in [-0.2, 0) is 11.3 Å². The first-order chi connectivity index (χ1) is 6.57. The summed E-state index contributed by atoms with van der Waals surface area (Å²) in [5, 5.41) is 19.0. The molecule has 0 radical (unpaired) electrons. The second-order valence-electron chi connectivity index (χ2n) is 2.76. The highest BCUT2D eigenvalue weighted by atomic mass is 32.2. The Bertz CT molecular complexity index is 336. The van der Waals surface area contributed by atoms with Crippen LogP contribution in [0, 0.1) is 0 Å². The summed E-state index contributed by atoms with van der Waals surface area (Å²) in [6.07, 6.45) is 0.955. The van der Waals surface area contributed by atoms with E-state index < -0.39 is 4.58 Å². The van der Waals surface area contributed by atoms with Crippen molar-refractivity contribution in [1.82, 2.24) is 4.57 Å². The van der Waals surface area contributed by atoms with Crippen LogP contribution in [0.5, 0.6) is 11.8 Å². The van der Waals surface area contributed by atoms with E-state index in [2.05, 4.69) is 25.3 Å². The minimum absolute atomic E-state index is 0.0903. The molecule has 0 fully saturated rings. The fraction of sp³-hybridized carbons (Fsp3) is 0.375. The van der Waals surface area contributed by atoms with Crippen molar-refractivity contribution in [2.45, 2.75) is 17.5 Å². The Balaban J connectivity index is 2.98. The standard InChI is InChI=1S/C8H11NO3S2/c10-3-1-2-9-6(11)4-5(7(9)12)8(13)14/h3-4,8,11-14H,1-2H2. The Morgan fingerprint density at radius 1 is 1.50 bits per heavy atom. The van der Waals surface area contributed by atoms with Crippen LogP contribution < -0.4 is 0 Å². The summed E-state index contributed by atoms with van der Waals surface area (Å²) in [5.74, 6) is -0.188. The van der Waals surface area contributed by atoms with Crippen LogP contribution in [0.1, 0.15) is 16.6 Å². The van der Waals surface area contributed by atoms with E-state index in [9.17, 15) is 15.0 Å². The van der Waals surface area contributed by atoms with Crippen LogP contribution in [0.15, 0.2) is 6.07 Å². The lowest BCUT2D eigenvalue weighted by Crippen LogP contribution is -1.97. The van der Waals surface area contributed by atoms with Gasteiger partial charge in [-0.2, -0.15) is 25.3 Å². The van der Waals surface area contributed by atoms with E-state index in [0.717, 1.165) is 6.29 Å². The van der Waals surface area contributed by atoms with E-state index in [0.29, 0.717) is 5.56 Å². The van der Waals surface area contributed by atoms with E-state index in [1.807, 2.05) is 0 Å². The summed E-state index contributed by atoms with van der Waals surface area (Å²) in [5.41, 5.74) is 0.431. The molecule has 0 unspecified atom stereocenters. The highest BCUT2D eigenvalue weighted by molar-refractivity contribution is 7.98. The first kappa shape index (κ1) is 11.3. The lowest BCUT2D eigenvalue weighted by atomic mass is 10.4. The number of hydrogen-bond donors (Lipinski definition) is 4. The van der Waals surface area contributed by atoms with Crippen molar-refractivity contribution >= 4 is 31.5 Å². The van der Waals surface area contributed by atoms with E-state index >= 15 is 0 Å². The van der Waals surface area contributed by atoms with E-state index in [-0.39, 0.29) is 24.7 Å². The fourth-order valence-corrected chi connectivity index (χ4v) is 1.52. The SMILES string of the molecule is O=CCCn1c(O)cc(C(S)S)c1O. The fourth-order valence-electron chi connectivity index (χ4n) is 1.14. The molecule has 0 aliphatic rings. The predicted molar refractivity (Wildman–Crippen MR) is 59.2 cm³/mol. The number of aromatic hydroxyl groups is 2. The van der Waals surface area contributed by atoms with Crippen molar-refractivity contribution < 1.29 is 15.0 Å². The van der Waals surface area contributed by atoms with Crippen molar-refractivity contribution in [2.75, 3.05) is 0 Å². The zero-order valence-electron chi connectivity index (χ0n) is 7.29. The molecule has 0 atom stereocenters. The molecule has 4 nitrogen and oxygen atoms in total. The van der Waals surface area contributed by atoms with Crippen LogP contribution in [-0.4, -0.2) is 21.1 Å². The van der Waals surface area contributed by atoms with Gasteiger partial charge in [-0.15, -0.1) is 0 Å². The van der Waals surface area contributed by atoms with Gasteiger partial charge in [0.15, 0.2) is 11.8 Å². The van der Waals surface area contributed by atoms with Crippen molar-refractivity contribution in [1.29, 1.82) is 0 Å². The zero-order chi connectivity index (χ0) is 10.7. The Labute approximate surface area is 92.4 Å². The summed E-state index contributed by atoms with van der Waals surface area (Å²) in [6.45, 7) is 0.245. The third-order valence-electron chi connectivity index (χ3n) is 1.82. The molecule has 0 saturated carbocycles. The lowest BCUT2D eigenvalue weighted by molar-refractivity contribution is -0.108. The molecule has 2 N–H and O–H groups in total. The maximum absolute atomic E-state index is 10.1. The van der Waals surface area contributed by atoms with Crippen LogP contribution >= 0.6 is 25.3 Å². The Kier molecular flexibility index (Phi) is 3.77. The quantitative estimate of drug-likeness (QED) is 0.360. The monoisotopic (exact) mass is 233 g/mol. The molecule has 0 aromatic carbocycles.